The van der Waals surface area contributed by atoms with Crippen molar-refractivity contribution >= 4 is 0 Å². The third kappa shape index (κ3) is 3.81. The van der Waals surface area contributed by atoms with Gasteiger partial charge in [-0.2, -0.15) is 0 Å². The van der Waals surface area contributed by atoms with Crippen molar-refractivity contribution < 1.29 is 4.74 Å². The Morgan fingerprint density at radius 3 is 3.17 bits per heavy atom. The highest BCUT2D eigenvalue weighted by atomic mass is 16.5. The van der Waals surface area contributed by atoms with E-state index in [2.05, 4.69) is 45.5 Å². The highest BCUT2D eigenvalue weighted by molar-refractivity contribution is 5.28. The number of hydrogen-bond acceptors (Lipinski definition) is 4. The van der Waals surface area contributed by atoms with Crippen LogP contribution in [0.1, 0.15) is 17.4 Å². The molecule has 0 amide bonds. The smallest absolute Gasteiger partial charge is 0.127 e. The van der Waals surface area contributed by atoms with Crippen LogP contribution in [0.4, 0.5) is 0 Å². The van der Waals surface area contributed by atoms with E-state index in [1.54, 1.807) is 6.08 Å². The van der Waals surface area contributed by atoms with Gasteiger partial charge in [0.25, 0.3) is 0 Å². The Morgan fingerprint density at radius 2 is 2.39 bits per heavy atom. The second-order valence-corrected chi connectivity index (χ2v) is 5.83. The minimum absolute atomic E-state index is 0.293. The standard InChI is InChI=1S/C18H24N4O/c1-3-11-23-16-6-4-5-15(12-16)14-22-10-7-19-13-17(22)18-20-8-9-21(18)2/h3-6,8-9,12,17,19H,1,7,10-11,13-14H2,2H3. The largest absolute Gasteiger partial charge is 0.490 e. The molecule has 1 aliphatic heterocycles. The number of piperazine rings is 1. The lowest BCUT2D eigenvalue weighted by Crippen LogP contribution is -2.46. The van der Waals surface area contributed by atoms with Crippen LogP contribution in [-0.4, -0.2) is 40.7 Å². The van der Waals surface area contributed by atoms with Crippen molar-refractivity contribution in [1.82, 2.24) is 19.8 Å². The lowest BCUT2D eigenvalue weighted by atomic mass is 10.1. The fourth-order valence-corrected chi connectivity index (χ4v) is 3.01. The van der Waals surface area contributed by atoms with Crippen molar-refractivity contribution in [2.24, 2.45) is 7.05 Å². The number of rotatable bonds is 6. The van der Waals surface area contributed by atoms with Crippen LogP contribution in [0.15, 0.2) is 49.3 Å². The third-order valence-corrected chi connectivity index (χ3v) is 4.16. The zero-order valence-corrected chi connectivity index (χ0v) is 13.6. The summed E-state index contributed by atoms with van der Waals surface area (Å²) in [5.41, 5.74) is 1.26. The number of imidazole rings is 1. The number of aromatic nitrogens is 2. The van der Waals surface area contributed by atoms with Gasteiger partial charge in [0.15, 0.2) is 0 Å². The first-order valence-electron chi connectivity index (χ1n) is 8.02. The Kier molecular flexibility index (Phi) is 5.10. The lowest BCUT2D eigenvalue weighted by molar-refractivity contribution is 0.144. The summed E-state index contributed by atoms with van der Waals surface area (Å²) in [5, 5.41) is 3.47. The number of benzene rings is 1. The number of hydrogen-bond donors (Lipinski definition) is 1. The molecule has 23 heavy (non-hydrogen) atoms. The van der Waals surface area contributed by atoms with Crippen molar-refractivity contribution in [3.8, 4) is 5.75 Å². The van der Waals surface area contributed by atoms with Crippen LogP contribution in [0.25, 0.3) is 0 Å². The number of aryl methyl sites for hydroxylation is 1. The lowest BCUT2D eigenvalue weighted by Gasteiger charge is -2.35. The fraction of sp³-hybridized carbons (Fsp3) is 0.389. The van der Waals surface area contributed by atoms with Crippen LogP contribution >= 0.6 is 0 Å². The van der Waals surface area contributed by atoms with E-state index in [1.165, 1.54) is 5.56 Å². The van der Waals surface area contributed by atoms with Gasteiger partial charge >= 0.3 is 0 Å². The van der Waals surface area contributed by atoms with Crippen molar-refractivity contribution in [2.45, 2.75) is 12.6 Å². The van der Waals surface area contributed by atoms with Crippen molar-refractivity contribution in [3.05, 3.63) is 60.7 Å². The summed E-state index contributed by atoms with van der Waals surface area (Å²) < 4.78 is 7.74. The molecule has 1 N–H and O–H groups in total. The number of nitrogens with zero attached hydrogens (tertiary/aromatic N) is 3. The van der Waals surface area contributed by atoms with Crippen molar-refractivity contribution in [3.63, 3.8) is 0 Å². The summed E-state index contributed by atoms with van der Waals surface area (Å²) >= 11 is 0. The maximum Gasteiger partial charge on any atom is 0.127 e. The van der Waals surface area contributed by atoms with E-state index in [-0.39, 0.29) is 0 Å². The van der Waals surface area contributed by atoms with Gasteiger partial charge in [-0.25, -0.2) is 4.98 Å². The van der Waals surface area contributed by atoms with E-state index in [1.807, 2.05) is 24.5 Å². The second-order valence-electron chi connectivity index (χ2n) is 5.83. The van der Waals surface area contributed by atoms with Crippen LogP contribution in [0.3, 0.4) is 0 Å². The Bertz CT molecular complexity index is 652. The Labute approximate surface area is 137 Å². The van der Waals surface area contributed by atoms with E-state index in [0.717, 1.165) is 37.8 Å². The molecule has 1 aromatic carbocycles. The zero-order chi connectivity index (χ0) is 16.1. The van der Waals surface area contributed by atoms with Crippen LogP contribution in [0.2, 0.25) is 0 Å². The molecule has 5 heteroatoms. The second kappa shape index (κ2) is 7.44. The van der Waals surface area contributed by atoms with Crippen LogP contribution in [0.5, 0.6) is 5.75 Å². The minimum atomic E-state index is 0.293. The molecule has 0 bridgehead atoms. The molecule has 1 aliphatic rings. The maximum atomic E-state index is 5.64. The number of ether oxygens (including phenoxy) is 1. The van der Waals surface area contributed by atoms with Gasteiger partial charge in [-0.1, -0.05) is 24.8 Å². The molecule has 3 rings (SSSR count). The molecule has 0 spiro atoms. The van der Waals surface area contributed by atoms with Crippen molar-refractivity contribution in [2.75, 3.05) is 26.2 Å². The van der Waals surface area contributed by atoms with E-state index in [0.29, 0.717) is 12.6 Å². The predicted octanol–water partition coefficient (Wildman–Crippen LogP) is 2.13. The molecule has 0 saturated carbocycles. The Balaban J connectivity index is 1.74. The maximum absolute atomic E-state index is 5.64. The van der Waals surface area contributed by atoms with E-state index in [4.69, 9.17) is 4.74 Å². The highest BCUT2D eigenvalue weighted by Crippen LogP contribution is 2.24. The average Bonchev–Trinajstić information content (AvgIpc) is 3.00. The quantitative estimate of drug-likeness (QED) is 0.830. The predicted molar refractivity (Wildman–Crippen MR) is 91.4 cm³/mol. The van der Waals surface area contributed by atoms with Crippen molar-refractivity contribution in [1.29, 1.82) is 0 Å². The molecule has 2 heterocycles. The molecule has 1 saturated heterocycles. The third-order valence-electron chi connectivity index (χ3n) is 4.16. The van der Waals surface area contributed by atoms with E-state index < -0.39 is 0 Å². The van der Waals surface area contributed by atoms with Gasteiger partial charge in [0.1, 0.15) is 18.2 Å². The van der Waals surface area contributed by atoms with E-state index in [9.17, 15) is 0 Å². The molecule has 0 aliphatic carbocycles. The normalized spacial score (nSPS) is 18.7. The van der Waals surface area contributed by atoms with Gasteiger partial charge in [-0.3, -0.25) is 4.90 Å². The Hall–Kier alpha value is -2.11. The van der Waals surface area contributed by atoms with Gasteiger partial charge in [0, 0.05) is 45.6 Å². The molecular weight excluding hydrogens is 288 g/mol. The molecule has 1 fully saturated rings. The molecule has 2 aromatic rings. The first-order chi connectivity index (χ1) is 11.3. The summed E-state index contributed by atoms with van der Waals surface area (Å²) in [6, 6.07) is 8.59. The molecular formula is C18H24N4O. The first-order valence-corrected chi connectivity index (χ1v) is 8.02. The van der Waals surface area contributed by atoms with Gasteiger partial charge in [-0.05, 0) is 17.7 Å². The van der Waals surface area contributed by atoms with E-state index >= 15 is 0 Å². The van der Waals surface area contributed by atoms with Crippen LogP contribution in [0, 0.1) is 0 Å². The summed E-state index contributed by atoms with van der Waals surface area (Å²) in [6.07, 6.45) is 5.64. The molecule has 122 valence electrons. The van der Waals surface area contributed by atoms with Gasteiger partial charge in [0.2, 0.25) is 0 Å². The molecule has 5 nitrogen and oxygen atoms in total. The van der Waals surface area contributed by atoms with Crippen LogP contribution < -0.4 is 10.1 Å². The molecule has 1 aromatic heterocycles. The monoisotopic (exact) mass is 312 g/mol. The first kappa shape index (κ1) is 15.8. The van der Waals surface area contributed by atoms with Gasteiger partial charge in [0.05, 0.1) is 6.04 Å². The average molecular weight is 312 g/mol. The Morgan fingerprint density at radius 1 is 1.48 bits per heavy atom. The minimum Gasteiger partial charge on any atom is -0.490 e. The van der Waals surface area contributed by atoms with Gasteiger partial charge < -0.3 is 14.6 Å². The zero-order valence-electron chi connectivity index (χ0n) is 13.6. The summed E-state index contributed by atoms with van der Waals surface area (Å²) in [6.45, 7) is 8.06. The summed E-state index contributed by atoms with van der Waals surface area (Å²) in [4.78, 5) is 7.01. The molecule has 1 unspecified atom stereocenters. The molecule has 1 atom stereocenters. The SMILES string of the molecule is C=CCOc1cccc(CN2CCNCC2c2nccn2C)c1. The molecule has 0 radical (unpaired) electrons. The fourth-order valence-electron chi connectivity index (χ4n) is 3.01. The number of nitrogens with one attached hydrogen (secondary N) is 1. The van der Waals surface area contributed by atoms with Crippen LogP contribution in [-0.2, 0) is 13.6 Å². The highest BCUT2D eigenvalue weighted by Gasteiger charge is 2.26. The topological polar surface area (TPSA) is 42.3 Å². The summed E-state index contributed by atoms with van der Waals surface area (Å²) in [7, 11) is 2.05. The van der Waals surface area contributed by atoms with Gasteiger partial charge in [-0.15, -0.1) is 0 Å². The summed E-state index contributed by atoms with van der Waals surface area (Å²) in [5.74, 6) is 2.00.